The number of nitrogens with zero attached hydrogens (tertiary/aromatic N) is 4. The van der Waals surface area contributed by atoms with Crippen molar-refractivity contribution >= 4 is 0 Å². The van der Waals surface area contributed by atoms with Crippen LogP contribution < -0.4 is 0 Å². The summed E-state index contributed by atoms with van der Waals surface area (Å²) in [6.07, 6.45) is 0.927. The third kappa shape index (κ3) is 1.52. The van der Waals surface area contributed by atoms with Crippen LogP contribution in [-0.4, -0.2) is 9.55 Å². The highest BCUT2D eigenvalue weighted by Crippen LogP contribution is 2.10. The van der Waals surface area contributed by atoms with Gasteiger partial charge in [-0.1, -0.05) is 6.92 Å². The smallest absolute Gasteiger partial charge is 0.177 e. The van der Waals surface area contributed by atoms with E-state index >= 15 is 0 Å². The molecule has 1 aromatic heterocycles. The van der Waals surface area contributed by atoms with Crippen molar-refractivity contribution in [1.82, 2.24) is 9.55 Å². The van der Waals surface area contributed by atoms with E-state index in [1.54, 1.807) is 11.5 Å². The topological polar surface area (TPSA) is 65.4 Å². The average molecular weight is 174 g/mol. The lowest BCUT2D eigenvalue weighted by Crippen LogP contribution is -2.02. The molecule has 0 spiro atoms. The molecule has 1 aromatic rings. The van der Waals surface area contributed by atoms with Crippen LogP contribution >= 0.6 is 0 Å². The van der Waals surface area contributed by atoms with Crippen LogP contribution in [0.15, 0.2) is 0 Å². The van der Waals surface area contributed by atoms with Gasteiger partial charge in [0.15, 0.2) is 11.4 Å². The Balaban J connectivity index is 3.27. The molecule has 66 valence electrons. The summed E-state index contributed by atoms with van der Waals surface area (Å²) in [5.74, 6) is 0.731. The number of nitriles is 2. The fourth-order valence-corrected chi connectivity index (χ4v) is 1.25. The van der Waals surface area contributed by atoms with Crippen LogP contribution in [0.25, 0.3) is 0 Å². The lowest BCUT2D eigenvalue weighted by atomic mass is 10.3. The Labute approximate surface area is 77.0 Å². The van der Waals surface area contributed by atoms with E-state index < -0.39 is 0 Å². The molecule has 4 nitrogen and oxygen atoms in total. The molecule has 13 heavy (non-hydrogen) atoms. The normalized spacial score (nSPS) is 9.23. The van der Waals surface area contributed by atoms with Crippen LogP contribution in [0, 0.1) is 29.6 Å². The second-order valence-corrected chi connectivity index (χ2v) is 2.73. The minimum Gasteiger partial charge on any atom is -0.319 e. The fourth-order valence-electron chi connectivity index (χ4n) is 1.25. The summed E-state index contributed by atoms with van der Waals surface area (Å²) in [4.78, 5) is 4.00. The van der Waals surface area contributed by atoms with Crippen molar-refractivity contribution in [1.29, 1.82) is 10.5 Å². The molecule has 0 aromatic carbocycles. The first kappa shape index (κ1) is 9.28. The summed E-state index contributed by atoms with van der Waals surface area (Å²) >= 11 is 0. The number of aryl methyl sites for hydroxylation is 1. The number of hydrogen-bond donors (Lipinski definition) is 0. The van der Waals surface area contributed by atoms with Gasteiger partial charge in [-0.25, -0.2) is 4.98 Å². The highest BCUT2D eigenvalue weighted by molar-refractivity contribution is 5.37. The van der Waals surface area contributed by atoms with Crippen molar-refractivity contribution in [3.8, 4) is 12.1 Å². The summed E-state index contributed by atoms with van der Waals surface area (Å²) in [5.41, 5.74) is 0.607. The fraction of sp³-hybridized carbons (Fsp3) is 0.444. The summed E-state index contributed by atoms with van der Waals surface area (Å²) in [7, 11) is 0. The molecule has 0 saturated heterocycles. The molecule has 4 heteroatoms. The molecule has 0 radical (unpaired) electrons. The lowest BCUT2D eigenvalue weighted by molar-refractivity contribution is 0.651. The number of hydrogen-bond acceptors (Lipinski definition) is 3. The van der Waals surface area contributed by atoms with Gasteiger partial charge >= 0.3 is 0 Å². The highest BCUT2D eigenvalue weighted by atomic mass is 15.1. The monoisotopic (exact) mass is 174 g/mol. The van der Waals surface area contributed by atoms with Crippen molar-refractivity contribution < 1.29 is 0 Å². The van der Waals surface area contributed by atoms with Gasteiger partial charge in [0.1, 0.15) is 18.0 Å². The molecule has 0 N–H and O–H groups in total. The van der Waals surface area contributed by atoms with E-state index in [2.05, 4.69) is 4.98 Å². The third-order valence-corrected chi connectivity index (χ3v) is 1.82. The van der Waals surface area contributed by atoms with Gasteiger partial charge in [-0.15, -0.1) is 0 Å². The van der Waals surface area contributed by atoms with Crippen molar-refractivity contribution in [2.75, 3.05) is 0 Å². The third-order valence-electron chi connectivity index (χ3n) is 1.82. The molecule has 1 rings (SSSR count). The van der Waals surface area contributed by atoms with Gasteiger partial charge in [0.25, 0.3) is 0 Å². The quantitative estimate of drug-likeness (QED) is 0.679. The Morgan fingerprint density at radius 2 is 2.08 bits per heavy atom. The molecular weight excluding hydrogens is 164 g/mol. The van der Waals surface area contributed by atoms with Crippen LogP contribution in [0.2, 0.25) is 0 Å². The molecule has 0 unspecified atom stereocenters. The summed E-state index contributed by atoms with van der Waals surface area (Å²) in [6, 6.07) is 3.91. The molecule has 0 aliphatic carbocycles. The zero-order valence-corrected chi connectivity index (χ0v) is 7.70. The predicted octanol–water partition coefficient (Wildman–Crippen LogP) is 1.34. The molecule has 0 bridgehead atoms. The zero-order chi connectivity index (χ0) is 9.84. The molecule has 0 saturated carbocycles. The van der Waals surface area contributed by atoms with Gasteiger partial charge < -0.3 is 4.57 Å². The number of rotatable bonds is 2. The van der Waals surface area contributed by atoms with Crippen LogP contribution in [0.5, 0.6) is 0 Å². The number of imidazole rings is 1. The van der Waals surface area contributed by atoms with E-state index in [4.69, 9.17) is 10.5 Å². The Kier molecular flexibility index (Phi) is 2.66. The lowest BCUT2D eigenvalue weighted by Gasteiger charge is -2.02. The van der Waals surface area contributed by atoms with E-state index in [-0.39, 0.29) is 5.69 Å². The van der Waals surface area contributed by atoms with Crippen molar-refractivity contribution in [3.05, 3.63) is 17.2 Å². The van der Waals surface area contributed by atoms with Crippen LogP contribution in [-0.2, 0) is 6.54 Å². The summed E-state index contributed by atoms with van der Waals surface area (Å²) in [5, 5.41) is 17.5. The Hall–Kier alpha value is -1.81. The first-order valence-corrected chi connectivity index (χ1v) is 4.11. The minimum atomic E-state index is 0.230. The molecule has 0 amide bonds. The predicted molar refractivity (Wildman–Crippen MR) is 46.7 cm³/mol. The molecule has 0 fully saturated rings. The van der Waals surface area contributed by atoms with E-state index in [9.17, 15) is 0 Å². The summed E-state index contributed by atoms with van der Waals surface area (Å²) in [6.45, 7) is 4.56. The first-order valence-electron chi connectivity index (χ1n) is 4.11. The Bertz CT molecular complexity index is 389. The van der Waals surface area contributed by atoms with Crippen molar-refractivity contribution in [2.45, 2.75) is 26.8 Å². The van der Waals surface area contributed by atoms with Crippen molar-refractivity contribution in [3.63, 3.8) is 0 Å². The van der Waals surface area contributed by atoms with E-state index in [0.717, 1.165) is 18.8 Å². The maximum absolute atomic E-state index is 8.81. The van der Waals surface area contributed by atoms with E-state index in [1.165, 1.54) is 0 Å². The van der Waals surface area contributed by atoms with Crippen LogP contribution in [0.1, 0.15) is 30.6 Å². The number of aromatic nitrogens is 2. The molecule has 0 aliphatic rings. The Morgan fingerprint density at radius 3 is 2.54 bits per heavy atom. The second kappa shape index (κ2) is 3.73. The van der Waals surface area contributed by atoms with Gasteiger partial charge in [0, 0.05) is 6.54 Å². The Morgan fingerprint density at radius 1 is 1.38 bits per heavy atom. The maximum atomic E-state index is 8.81. The van der Waals surface area contributed by atoms with Gasteiger partial charge in [-0.3, -0.25) is 0 Å². The minimum absolute atomic E-state index is 0.230. The van der Waals surface area contributed by atoms with Crippen LogP contribution in [0.3, 0.4) is 0 Å². The van der Waals surface area contributed by atoms with E-state index in [0.29, 0.717) is 5.69 Å². The largest absolute Gasteiger partial charge is 0.319 e. The van der Waals surface area contributed by atoms with Gasteiger partial charge in [0.05, 0.1) is 0 Å². The molecular formula is C9H10N4. The average Bonchev–Trinajstić information content (AvgIpc) is 2.44. The van der Waals surface area contributed by atoms with E-state index in [1.807, 2.05) is 19.1 Å². The SMILES string of the molecule is CCCn1c(C)nc(C#N)c1C#N. The molecule has 0 aliphatic heterocycles. The van der Waals surface area contributed by atoms with Gasteiger partial charge in [0.2, 0.25) is 0 Å². The van der Waals surface area contributed by atoms with Crippen LogP contribution in [0.4, 0.5) is 0 Å². The zero-order valence-electron chi connectivity index (χ0n) is 7.70. The van der Waals surface area contributed by atoms with Gasteiger partial charge in [-0.2, -0.15) is 10.5 Å². The first-order chi connectivity index (χ1) is 6.24. The second-order valence-electron chi connectivity index (χ2n) is 2.73. The van der Waals surface area contributed by atoms with Gasteiger partial charge in [-0.05, 0) is 13.3 Å². The molecule has 0 atom stereocenters. The van der Waals surface area contributed by atoms with Crippen molar-refractivity contribution in [2.24, 2.45) is 0 Å². The standard InChI is InChI=1S/C9H10N4/c1-3-4-13-7(2)12-8(5-10)9(13)6-11/h3-4H2,1-2H3. The summed E-state index contributed by atoms with van der Waals surface area (Å²) < 4.78 is 1.78. The highest BCUT2D eigenvalue weighted by Gasteiger charge is 2.12. The molecule has 1 heterocycles. The maximum Gasteiger partial charge on any atom is 0.177 e.